The highest BCUT2D eigenvalue weighted by atomic mass is 16.6. The first-order chi connectivity index (χ1) is 7.62. The van der Waals surface area contributed by atoms with Gasteiger partial charge in [0.05, 0.1) is 5.60 Å². The van der Waals surface area contributed by atoms with Crippen molar-refractivity contribution in [3.05, 3.63) is 0 Å². The molecule has 3 nitrogen and oxygen atoms in total. The molecule has 1 heterocycles. The van der Waals surface area contributed by atoms with Crippen molar-refractivity contribution in [2.24, 2.45) is 16.7 Å². The fraction of sp³-hybridized carbons (Fsp3) is 0.929. The lowest BCUT2D eigenvalue weighted by Gasteiger charge is -2.48. The van der Waals surface area contributed by atoms with Gasteiger partial charge in [0, 0.05) is 23.2 Å². The van der Waals surface area contributed by atoms with Gasteiger partial charge in [0.15, 0.2) is 5.79 Å². The second-order valence-corrected chi connectivity index (χ2v) is 7.35. The number of ketones is 1. The Morgan fingerprint density at radius 1 is 1.24 bits per heavy atom. The van der Waals surface area contributed by atoms with E-state index in [4.69, 9.17) is 4.74 Å². The van der Waals surface area contributed by atoms with Crippen LogP contribution in [0.25, 0.3) is 0 Å². The highest BCUT2D eigenvalue weighted by Crippen LogP contribution is 2.73. The summed E-state index contributed by atoms with van der Waals surface area (Å²) in [6.07, 6.45) is 3.40. The van der Waals surface area contributed by atoms with Crippen LogP contribution < -0.4 is 0 Å². The van der Waals surface area contributed by atoms with Crippen LogP contribution in [0.15, 0.2) is 0 Å². The maximum Gasteiger partial charge on any atom is 0.164 e. The Kier molecular flexibility index (Phi) is 1.90. The van der Waals surface area contributed by atoms with Crippen LogP contribution in [0.4, 0.5) is 0 Å². The van der Waals surface area contributed by atoms with Crippen molar-refractivity contribution < 1.29 is 14.6 Å². The number of carbonyl (C=O) groups is 1. The molecular weight excluding hydrogens is 216 g/mol. The molecule has 96 valence electrons. The maximum atomic E-state index is 12.6. The van der Waals surface area contributed by atoms with E-state index >= 15 is 0 Å². The van der Waals surface area contributed by atoms with Crippen molar-refractivity contribution in [2.45, 2.75) is 64.8 Å². The lowest BCUT2D eigenvalue weighted by Crippen LogP contribution is -2.53. The molecule has 3 heteroatoms. The van der Waals surface area contributed by atoms with Crippen LogP contribution in [0.1, 0.15) is 53.4 Å². The largest absolute Gasteiger partial charge is 0.366 e. The first kappa shape index (κ1) is 11.7. The Bertz CT molecular complexity index is 398. The molecule has 0 radical (unpaired) electrons. The van der Waals surface area contributed by atoms with Crippen LogP contribution in [0.2, 0.25) is 0 Å². The molecule has 1 saturated heterocycles. The molecule has 0 bridgehead atoms. The van der Waals surface area contributed by atoms with Gasteiger partial charge in [-0.1, -0.05) is 13.8 Å². The second kappa shape index (κ2) is 2.77. The number of aliphatic hydroxyl groups is 1. The molecule has 3 aliphatic rings. The minimum absolute atomic E-state index is 0.0139. The smallest absolute Gasteiger partial charge is 0.164 e. The third-order valence-electron chi connectivity index (χ3n) is 5.46. The summed E-state index contributed by atoms with van der Waals surface area (Å²) in [5, 5.41) is 10.2. The van der Waals surface area contributed by atoms with Crippen molar-refractivity contribution in [1.82, 2.24) is 0 Å². The van der Waals surface area contributed by atoms with Crippen molar-refractivity contribution >= 4 is 5.78 Å². The molecular formula is C14H22O3. The van der Waals surface area contributed by atoms with E-state index in [1.807, 2.05) is 13.8 Å². The molecule has 0 aromatic heterocycles. The summed E-state index contributed by atoms with van der Waals surface area (Å²) in [6.45, 7) is 7.81. The highest BCUT2D eigenvalue weighted by molar-refractivity contribution is 5.89. The average molecular weight is 238 g/mol. The minimum atomic E-state index is -1.14. The van der Waals surface area contributed by atoms with Crippen molar-refractivity contribution in [3.8, 4) is 0 Å². The molecule has 0 aromatic carbocycles. The van der Waals surface area contributed by atoms with Gasteiger partial charge in [0.25, 0.3) is 0 Å². The second-order valence-electron chi connectivity index (χ2n) is 7.35. The van der Waals surface area contributed by atoms with Crippen molar-refractivity contribution in [1.29, 1.82) is 0 Å². The number of hydrogen-bond acceptors (Lipinski definition) is 3. The Morgan fingerprint density at radius 2 is 1.88 bits per heavy atom. The molecule has 2 saturated carbocycles. The number of carbonyl (C=O) groups excluding carboxylic acids is 1. The van der Waals surface area contributed by atoms with E-state index in [0.717, 1.165) is 19.3 Å². The van der Waals surface area contributed by atoms with Gasteiger partial charge in [0.1, 0.15) is 5.78 Å². The van der Waals surface area contributed by atoms with Gasteiger partial charge in [-0.15, -0.1) is 0 Å². The molecule has 1 spiro atoms. The molecule has 1 N–H and O–H groups in total. The Labute approximate surface area is 103 Å². The van der Waals surface area contributed by atoms with Crippen LogP contribution in [-0.4, -0.2) is 22.3 Å². The van der Waals surface area contributed by atoms with E-state index in [1.165, 1.54) is 0 Å². The fourth-order valence-electron chi connectivity index (χ4n) is 4.29. The van der Waals surface area contributed by atoms with Gasteiger partial charge in [-0.05, 0) is 33.1 Å². The quantitative estimate of drug-likeness (QED) is 0.704. The van der Waals surface area contributed by atoms with E-state index in [2.05, 4.69) is 6.92 Å². The zero-order chi connectivity index (χ0) is 12.7. The fourth-order valence-corrected chi connectivity index (χ4v) is 4.29. The maximum absolute atomic E-state index is 12.6. The van der Waals surface area contributed by atoms with Gasteiger partial charge in [-0.25, -0.2) is 0 Å². The van der Waals surface area contributed by atoms with Crippen LogP contribution >= 0.6 is 0 Å². The van der Waals surface area contributed by atoms with Gasteiger partial charge in [-0.3, -0.25) is 4.79 Å². The number of hydrogen-bond donors (Lipinski definition) is 1. The predicted octanol–water partition coefficient (Wildman–Crippen LogP) is 2.27. The van der Waals surface area contributed by atoms with E-state index in [1.54, 1.807) is 6.92 Å². The zero-order valence-electron chi connectivity index (χ0n) is 11.2. The monoisotopic (exact) mass is 238 g/mol. The molecule has 4 atom stereocenters. The summed E-state index contributed by atoms with van der Waals surface area (Å²) in [4.78, 5) is 12.6. The first-order valence-corrected chi connectivity index (χ1v) is 6.59. The average Bonchev–Trinajstić information content (AvgIpc) is 2.75. The number of rotatable bonds is 0. The molecule has 2 aliphatic carbocycles. The number of Topliss-reactive ketones (excluding diaryl/α,β-unsaturated/α-hetero) is 1. The Hall–Kier alpha value is -0.410. The summed E-state index contributed by atoms with van der Waals surface area (Å²) in [5.74, 6) is -0.821. The first-order valence-electron chi connectivity index (χ1n) is 6.59. The van der Waals surface area contributed by atoms with Crippen LogP contribution in [-0.2, 0) is 9.53 Å². The van der Waals surface area contributed by atoms with Crippen LogP contribution in [0.5, 0.6) is 0 Å². The summed E-state index contributed by atoms with van der Waals surface area (Å²) in [6, 6.07) is 0. The molecule has 17 heavy (non-hydrogen) atoms. The van der Waals surface area contributed by atoms with E-state index in [9.17, 15) is 9.90 Å². The van der Waals surface area contributed by atoms with Gasteiger partial charge in [-0.2, -0.15) is 0 Å². The van der Waals surface area contributed by atoms with E-state index in [-0.39, 0.29) is 22.3 Å². The lowest BCUT2D eigenvalue weighted by atomic mass is 9.60. The predicted molar refractivity (Wildman–Crippen MR) is 63.3 cm³/mol. The summed E-state index contributed by atoms with van der Waals surface area (Å²) < 4.78 is 5.82. The third kappa shape index (κ3) is 1.33. The van der Waals surface area contributed by atoms with Gasteiger partial charge < -0.3 is 9.84 Å². The molecule has 4 unspecified atom stereocenters. The summed E-state index contributed by atoms with van der Waals surface area (Å²) >= 11 is 0. The van der Waals surface area contributed by atoms with Crippen molar-refractivity contribution in [3.63, 3.8) is 0 Å². The summed E-state index contributed by atoms with van der Waals surface area (Å²) in [7, 11) is 0. The zero-order valence-corrected chi connectivity index (χ0v) is 11.2. The van der Waals surface area contributed by atoms with Crippen molar-refractivity contribution in [2.75, 3.05) is 0 Å². The molecule has 3 rings (SSSR count). The van der Waals surface area contributed by atoms with Crippen LogP contribution in [0.3, 0.4) is 0 Å². The lowest BCUT2D eigenvalue weighted by molar-refractivity contribution is -0.271. The Balaban J connectivity index is 1.99. The highest BCUT2D eigenvalue weighted by Gasteiger charge is 2.76. The molecule has 1 aliphatic heterocycles. The van der Waals surface area contributed by atoms with Crippen LogP contribution in [0, 0.1) is 16.7 Å². The summed E-state index contributed by atoms with van der Waals surface area (Å²) in [5.41, 5.74) is -0.472. The molecule has 3 fully saturated rings. The number of ether oxygens (including phenoxy) is 1. The van der Waals surface area contributed by atoms with E-state index in [0.29, 0.717) is 12.2 Å². The minimum Gasteiger partial charge on any atom is -0.366 e. The third-order valence-corrected chi connectivity index (χ3v) is 5.46. The normalized spacial score (nSPS) is 56.1. The topological polar surface area (TPSA) is 46.5 Å². The van der Waals surface area contributed by atoms with E-state index < -0.39 is 5.79 Å². The molecule has 0 amide bonds. The standard InChI is InChI=1S/C14H22O3/c1-11(2)5-6-14-8-12(14,3)17-13(4,16)7-9(14)10(11)15/h9,16H,5-8H2,1-4H3. The molecule has 0 aromatic rings. The van der Waals surface area contributed by atoms with Gasteiger partial charge >= 0.3 is 0 Å². The Morgan fingerprint density at radius 3 is 2.53 bits per heavy atom. The van der Waals surface area contributed by atoms with Gasteiger partial charge in [0.2, 0.25) is 0 Å². The SMILES string of the molecule is CC1(O)CC2C(=O)C(C)(C)CCC23CC3(C)O1.